The van der Waals surface area contributed by atoms with Crippen molar-refractivity contribution in [1.29, 1.82) is 0 Å². The normalized spacial score (nSPS) is 10.8. The zero-order valence-electron chi connectivity index (χ0n) is 11.2. The predicted molar refractivity (Wildman–Crippen MR) is 98.7 cm³/mol. The molecule has 1 aromatic heterocycles. The van der Waals surface area contributed by atoms with Gasteiger partial charge < -0.3 is 5.32 Å². The molecule has 0 spiro atoms. The molecular formula is C14H7Cl4N3OS. The summed E-state index contributed by atoms with van der Waals surface area (Å²) < 4.78 is 0.871. The number of thiazole rings is 1. The molecule has 0 aliphatic heterocycles. The minimum absolute atomic E-state index is 0.244. The molecule has 23 heavy (non-hydrogen) atoms. The summed E-state index contributed by atoms with van der Waals surface area (Å²) in [5.74, 6) is 0. The number of benzene rings is 2. The van der Waals surface area contributed by atoms with Gasteiger partial charge in [0, 0.05) is 10.0 Å². The molecular weight excluding hydrogens is 400 g/mol. The first-order chi connectivity index (χ1) is 10.9. The Labute approximate surface area is 155 Å². The molecule has 0 atom stereocenters. The van der Waals surface area contributed by atoms with E-state index in [4.69, 9.17) is 46.4 Å². The maximum absolute atomic E-state index is 12.1. The molecule has 3 rings (SSSR count). The monoisotopic (exact) mass is 405 g/mol. The lowest BCUT2D eigenvalue weighted by Crippen LogP contribution is -2.19. The average molecular weight is 407 g/mol. The molecule has 0 fully saturated rings. The van der Waals surface area contributed by atoms with Gasteiger partial charge in [0.05, 0.1) is 25.9 Å². The van der Waals surface area contributed by atoms with Crippen LogP contribution in [0.4, 0.5) is 15.6 Å². The van der Waals surface area contributed by atoms with E-state index in [0.29, 0.717) is 15.2 Å². The number of aromatic nitrogens is 1. The van der Waals surface area contributed by atoms with Gasteiger partial charge in [-0.15, -0.1) is 0 Å². The Hall–Kier alpha value is -1.24. The Morgan fingerprint density at radius 1 is 0.957 bits per heavy atom. The van der Waals surface area contributed by atoms with Crippen LogP contribution in [0, 0.1) is 0 Å². The largest absolute Gasteiger partial charge is 0.325 e. The van der Waals surface area contributed by atoms with Crippen LogP contribution in [0.25, 0.3) is 10.2 Å². The highest BCUT2D eigenvalue weighted by Crippen LogP contribution is 2.34. The van der Waals surface area contributed by atoms with Crippen molar-refractivity contribution in [1.82, 2.24) is 4.98 Å². The molecule has 0 unspecified atom stereocenters. The van der Waals surface area contributed by atoms with Gasteiger partial charge in [0.1, 0.15) is 0 Å². The summed E-state index contributed by atoms with van der Waals surface area (Å²) >= 11 is 25.1. The molecule has 3 aromatic rings. The highest BCUT2D eigenvalue weighted by molar-refractivity contribution is 7.22. The summed E-state index contributed by atoms with van der Waals surface area (Å²) in [5, 5.41) is 7.12. The zero-order chi connectivity index (χ0) is 16.6. The van der Waals surface area contributed by atoms with E-state index in [2.05, 4.69) is 15.6 Å². The summed E-state index contributed by atoms with van der Waals surface area (Å²) in [4.78, 5) is 16.4. The van der Waals surface area contributed by atoms with Crippen molar-refractivity contribution in [2.24, 2.45) is 0 Å². The number of anilines is 2. The fourth-order valence-corrected chi connectivity index (χ4v) is 3.90. The van der Waals surface area contributed by atoms with Crippen molar-refractivity contribution in [2.45, 2.75) is 0 Å². The number of carbonyl (C=O) groups excluding carboxylic acids is 1. The number of hydrogen-bond donors (Lipinski definition) is 2. The first-order valence-corrected chi connectivity index (χ1v) is 8.54. The lowest BCUT2D eigenvalue weighted by Gasteiger charge is -2.09. The van der Waals surface area contributed by atoms with Gasteiger partial charge in [-0.1, -0.05) is 57.7 Å². The van der Waals surface area contributed by atoms with Gasteiger partial charge in [0.2, 0.25) is 0 Å². The van der Waals surface area contributed by atoms with Crippen molar-refractivity contribution in [2.75, 3.05) is 10.6 Å². The van der Waals surface area contributed by atoms with E-state index in [1.807, 2.05) is 0 Å². The third-order valence-electron chi connectivity index (χ3n) is 2.82. The van der Waals surface area contributed by atoms with Crippen LogP contribution in [0.1, 0.15) is 0 Å². The van der Waals surface area contributed by atoms with Crippen molar-refractivity contribution < 1.29 is 4.79 Å². The second-order valence-corrected chi connectivity index (χ2v) is 7.17. The maximum Gasteiger partial charge on any atom is 0.325 e. The number of carbonyl (C=O) groups is 1. The number of nitrogens with one attached hydrogen (secondary N) is 2. The molecule has 0 saturated carbocycles. The molecule has 9 heteroatoms. The van der Waals surface area contributed by atoms with Crippen LogP contribution in [0.2, 0.25) is 20.1 Å². The Balaban J connectivity index is 1.78. The van der Waals surface area contributed by atoms with E-state index >= 15 is 0 Å². The van der Waals surface area contributed by atoms with E-state index in [-0.39, 0.29) is 15.7 Å². The van der Waals surface area contributed by atoms with Gasteiger partial charge >= 0.3 is 6.03 Å². The van der Waals surface area contributed by atoms with Crippen LogP contribution in [-0.4, -0.2) is 11.0 Å². The molecule has 0 aliphatic rings. The highest BCUT2D eigenvalue weighted by Gasteiger charge is 2.13. The van der Waals surface area contributed by atoms with Gasteiger partial charge in [0.15, 0.2) is 5.13 Å². The third kappa shape index (κ3) is 3.82. The fourth-order valence-electron chi connectivity index (χ4n) is 1.86. The second-order valence-electron chi connectivity index (χ2n) is 4.45. The van der Waals surface area contributed by atoms with E-state index in [1.54, 1.807) is 18.2 Å². The summed E-state index contributed by atoms with van der Waals surface area (Å²) in [6.07, 6.45) is 0. The summed E-state index contributed by atoms with van der Waals surface area (Å²) in [6.45, 7) is 0. The Bertz CT molecular complexity index is 889. The Kier molecular flexibility index (Phi) is 4.85. The van der Waals surface area contributed by atoms with Crippen LogP contribution < -0.4 is 10.6 Å². The Morgan fingerprint density at radius 2 is 1.65 bits per heavy atom. The van der Waals surface area contributed by atoms with Crippen LogP contribution in [0.15, 0.2) is 30.3 Å². The standard InChI is InChI=1S/C14H7Cl4N3OS/c15-6-1-2-10-11(5-6)23-14(19-10)21-13(22)20-12-8(17)3-7(16)4-9(12)18/h1-5H,(H2,19,20,21,22). The molecule has 0 saturated heterocycles. The number of fused-ring (bicyclic) bond motifs is 1. The van der Waals surface area contributed by atoms with Crippen molar-refractivity contribution in [3.8, 4) is 0 Å². The van der Waals surface area contributed by atoms with Gasteiger partial charge in [-0.2, -0.15) is 0 Å². The van der Waals surface area contributed by atoms with Gasteiger partial charge in [0.25, 0.3) is 0 Å². The van der Waals surface area contributed by atoms with Crippen LogP contribution in [-0.2, 0) is 0 Å². The van der Waals surface area contributed by atoms with Gasteiger partial charge in [-0.25, -0.2) is 9.78 Å². The molecule has 1 heterocycles. The van der Waals surface area contributed by atoms with Gasteiger partial charge in [-0.05, 0) is 30.3 Å². The van der Waals surface area contributed by atoms with E-state index in [0.717, 1.165) is 10.2 Å². The Morgan fingerprint density at radius 3 is 2.35 bits per heavy atom. The molecule has 0 radical (unpaired) electrons. The molecule has 4 nitrogen and oxygen atoms in total. The van der Waals surface area contributed by atoms with Crippen molar-refractivity contribution in [3.05, 3.63) is 50.4 Å². The van der Waals surface area contributed by atoms with Crippen LogP contribution in [0.5, 0.6) is 0 Å². The number of urea groups is 1. The van der Waals surface area contributed by atoms with E-state index < -0.39 is 6.03 Å². The average Bonchev–Trinajstić information content (AvgIpc) is 2.84. The smallest absolute Gasteiger partial charge is 0.305 e. The zero-order valence-corrected chi connectivity index (χ0v) is 15.0. The number of nitrogens with zero attached hydrogens (tertiary/aromatic N) is 1. The molecule has 2 aromatic carbocycles. The van der Waals surface area contributed by atoms with Gasteiger partial charge in [-0.3, -0.25) is 5.32 Å². The van der Waals surface area contributed by atoms with E-state index in [9.17, 15) is 4.79 Å². The third-order valence-corrected chi connectivity index (χ3v) is 4.80. The molecule has 0 bridgehead atoms. The highest BCUT2D eigenvalue weighted by atomic mass is 35.5. The molecule has 2 N–H and O–H groups in total. The summed E-state index contributed by atoms with van der Waals surface area (Å²) in [6, 6.07) is 7.77. The molecule has 118 valence electrons. The van der Waals surface area contributed by atoms with Crippen LogP contribution >= 0.6 is 57.7 Å². The number of halogens is 4. The SMILES string of the molecule is O=C(Nc1nc2ccc(Cl)cc2s1)Nc1c(Cl)cc(Cl)cc1Cl. The molecule has 2 amide bonds. The predicted octanol–water partition coefficient (Wildman–Crippen LogP) is 6.55. The summed E-state index contributed by atoms with van der Waals surface area (Å²) in [5.41, 5.74) is 1.02. The lowest BCUT2D eigenvalue weighted by molar-refractivity contribution is 0.262. The number of rotatable bonds is 2. The molecule has 0 aliphatic carbocycles. The first-order valence-electron chi connectivity index (χ1n) is 6.21. The van der Waals surface area contributed by atoms with Crippen molar-refractivity contribution in [3.63, 3.8) is 0 Å². The second kappa shape index (κ2) is 6.71. The maximum atomic E-state index is 12.1. The quantitative estimate of drug-likeness (QED) is 0.506. The number of hydrogen-bond acceptors (Lipinski definition) is 3. The minimum Gasteiger partial charge on any atom is -0.305 e. The lowest BCUT2D eigenvalue weighted by atomic mass is 10.3. The summed E-state index contributed by atoms with van der Waals surface area (Å²) in [7, 11) is 0. The topological polar surface area (TPSA) is 54.0 Å². The minimum atomic E-state index is -0.513. The first kappa shape index (κ1) is 16.6. The number of amides is 2. The van der Waals surface area contributed by atoms with E-state index in [1.165, 1.54) is 23.5 Å². The van der Waals surface area contributed by atoms with Crippen molar-refractivity contribution >= 4 is 84.8 Å². The fraction of sp³-hybridized carbons (Fsp3) is 0. The van der Waals surface area contributed by atoms with Crippen LogP contribution in [0.3, 0.4) is 0 Å².